The van der Waals surface area contributed by atoms with Crippen LogP contribution in [0.4, 0.5) is 0 Å². The standard InChI is InChI=1S/4C31H42NSi.Ti/c4*1-6-7-16-25-23-24-30(4,32-26-17-14-15-18-26)29(2,3)31(25,5)33(27-19-10-8-11-20-27)28-21-12-9-13-22-28;/h4*8-15,17-22,25-26,33H,6-7,16,23-24H2,1-5H3;/q4*-1;+4. The molecule has 4 fully saturated rings. The van der Waals surface area contributed by atoms with Gasteiger partial charge >= 0.3 is 21.7 Å². The van der Waals surface area contributed by atoms with E-state index in [1.54, 1.807) is 41.5 Å². The van der Waals surface area contributed by atoms with Gasteiger partial charge in [0.15, 0.2) is 0 Å². The molecule has 8 aromatic carbocycles. The number of nitrogens with zero attached hydrogens (tertiary/aromatic N) is 4. The van der Waals surface area contributed by atoms with Gasteiger partial charge < -0.3 is 21.3 Å². The fourth-order valence-electron chi connectivity index (χ4n) is 27.5. The number of allylic oxidation sites excluding steroid dienone is 8. The van der Waals surface area contributed by atoms with Crippen molar-refractivity contribution in [2.45, 2.75) is 333 Å². The van der Waals surface area contributed by atoms with E-state index < -0.39 is 35.2 Å². The van der Waals surface area contributed by atoms with E-state index in [0.717, 1.165) is 23.7 Å². The van der Waals surface area contributed by atoms with E-state index >= 15 is 0 Å². The molecule has 0 bridgehead atoms. The summed E-state index contributed by atoms with van der Waals surface area (Å²) in [5, 5.41) is 35.6. The van der Waals surface area contributed by atoms with Crippen LogP contribution in [0.3, 0.4) is 0 Å². The van der Waals surface area contributed by atoms with Crippen LogP contribution in [0.15, 0.2) is 340 Å². The van der Waals surface area contributed by atoms with Crippen LogP contribution in [0.1, 0.15) is 267 Å². The minimum absolute atomic E-state index is 0. The summed E-state index contributed by atoms with van der Waals surface area (Å²) in [5.74, 6) is 2.90. The van der Waals surface area contributed by atoms with E-state index in [2.05, 4.69) is 478 Å². The second-order valence-electron chi connectivity index (χ2n) is 44.8. The molecule has 0 radical (unpaired) electrons. The topological polar surface area (TPSA) is 56.4 Å². The van der Waals surface area contributed by atoms with E-state index in [0.29, 0.717) is 0 Å². The van der Waals surface area contributed by atoms with Crippen molar-refractivity contribution in [3.05, 3.63) is 361 Å². The molecule has 0 N–H and O–H groups in total. The fraction of sp³-hybridized carbons (Fsp3) is 0.484. The van der Waals surface area contributed by atoms with Crippen molar-refractivity contribution in [1.29, 1.82) is 0 Å². The molecule has 12 atom stereocenters. The summed E-state index contributed by atoms with van der Waals surface area (Å²) >= 11 is 0. The monoisotopic (exact) mass is 1870 g/mol. The predicted octanol–water partition coefficient (Wildman–Crippen LogP) is 28.2. The number of hydrogen-bond donors (Lipinski definition) is 0. The van der Waals surface area contributed by atoms with Gasteiger partial charge in [-0.1, -0.05) is 672 Å². The molecule has 16 rings (SSSR count). The van der Waals surface area contributed by atoms with Crippen LogP contribution >= 0.6 is 0 Å². The van der Waals surface area contributed by atoms with Crippen molar-refractivity contribution in [1.82, 2.24) is 0 Å². The van der Waals surface area contributed by atoms with Crippen LogP contribution in [0.5, 0.6) is 0 Å². The van der Waals surface area contributed by atoms with E-state index in [-0.39, 0.29) is 110 Å². The van der Waals surface area contributed by atoms with Gasteiger partial charge in [-0.3, -0.25) is 0 Å². The third-order valence-electron chi connectivity index (χ3n) is 37.8. The number of unbranched alkanes of at least 4 members (excludes halogenated alkanes) is 4. The van der Waals surface area contributed by atoms with E-state index in [1.807, 2.05) is 0 Å². The quantitative estimate of drug-likeness (QED) is 0.0377. The molecule has 12 unspecified atom stereocenters. The van der Waals surface area contributed by atoms with Crippen LogP contribution in [0.25, 0.3) is 21.3 Å². The smallest absolute Gasteiger partial charge is 0.647 e. The van der Waals surface area contributed by atoms with Crippen molar-refractivity contribution in [3.63, 3.8) is 0 Å². The normalized spacial score (nSPS) is 28.9. The largest absolute Gasteiger partial charge is 4.00 e. The van der Waals surface area contributed by atoms with Crippen LogP contribution in [0.2, 0.25) is 20.2 Å². The minimum atomic E-state index is -1.60. The molecule has 0 heterocycles. The molecule has 0 spiro atoms. The van der Waals surface area contributed by atoms with Gasteiger partial charge in [-0.05, 0) is 65.5 Å². The molecule has 8 aromatic rings. The van der Waals surface area contributed by atoms with Crippen molar-refractivity contribution in [2.24, 2.45) is 45.3 Å². The maximum absolute atomic E-state index is 5.55. The maximum Gasteiger partial charge on any atom is 4.00 e. The average molecular weight is 1870 g/mol. The Labute approximate surface area is 831 Å². The van der Waals surface area contributed by atoms with Crippen molar-refractivity contribution < 1.29 is 21.7 Å². The molecule has 8 aliphatic carbocycles. The van der Waals surface area contributed by atoms with E-state index in [4.69, 9.17) is 21.3 Å². The summed E-state index contributed by atoms with van der Waals surface area (Å²) in [4.78, 5) is 0. The van der Waals surface area contributed by atoms with Gasteiger partial charge in [0.1, 0.15) is 35.2 Å². The van der Waals surface area contributed by atoms with Gasteiger partial charge in [0, 0.05) is 0 Å². The molecular weight excluding hydrogens is 1710 g/mol. The minimum Gasteiger partial charge on any atom is -0.647 e. The summed E-state index contributed by atoms with van der Waals surface area (Å²) in [5.41, 5.74) is 0.0812. The molecular formula is C124H168N4Si4Ti. The van der Waals surface area contributed by atoms with Crippen LogP contribution < -0.4 is 41.5 Å². The first-order valence-electron chi connectivity index (χ1n) is 52.0. The first-order chi connectivity index (χ1) is 63.3. The van der Waals surface area contributed by atoms with Gasteiger partial charge in [0.25, 0.3) is 0 Å². The fourth-order valence-corrected chi connectivity index (χ4v) is 46.8. The predicted molar refractivity (Wildman–Crippen MR) is 590 cm³/mol. The molecule has 0 aromatic heterocycles. The third-order valence-corrected chi connectivity index (χ3v) is 55.8. The SMILES string of the molecule is CCCCC1CCC(C)([N-]C2C=CC=C2)C(C)(C)C1(C)[SiH](c1ccccc1)c1ccccc1.CCCCC1CCC(C)([N-]C2C=CC=C2)C(C)(C)C1(C)[SiH](c1ccccc1)c1ccccc1.CCCCC1CCC(C)([N-]C2C=CC=C2)C(C)(C)C1(C)[SiH](c1ccccc1)c1ccccc1.CCCCC1CCC(C)([N-]C2C=CC=C2)C(C)(C)C1(C)[SiH](c1ccccc1)c1ccccc1.[Ti+4]. The molecule has 0 aliphatic heterocycles. The zero-order valence-electron chi connectivity index (χ0n) is 85.7. The Balaban J connectivity index is 0.000000160. The van der Waals surface area contributed by atoms with Gasteiger partial charge in [-0.15, -0.1) is 22.2 Å². The first-order valence-corrected chi connectivity index (χ1v) is 58.9. The maximum atomic E-state index is 5.55. The van der Waals surface area contributed by atoms with Crippen molar-refractivity contribution >= 4 is 76.7 Å². The zero-order chi connectivity index (χ0) is 94.1. The summed E-state index contributed by atoms with van der Waals surface area (Å²) in [6, 6.07) is 92.7. The third kappa shape index (κ3) is 21.5. The molecule has 4 saturated carbocycles. The van der Waals surface area contributed by atoms with Crippen molar-refractivity contribution in [3.8, 4) is 0 Å². The Hall–Kier alpha value is -6.90. The van der Waals surface area contributed by atoms with Gasteiger partial charge in [0.2, 0.25) is 0 Å². The second kappa shape index (κ2) is 45.8. The average Bonchev–Trinajstić information content (AvgIpc) is 1.62. The summed E-state index contributed by atoms with van der Waals surface area (Å²) in [6.07, 6.45) is 60.9. The molecule has 0 amide bonds. The summed E-state index contributed by atoms with van der Waals surface area (Å²) in [7, 11) is -6.39. The Bertz CT molecular complexity index is 4300. The summed E-state index contributed by atoms with van der Waals surface area (Å²) < 4.78 is 0. The van der Waals surface area contributed by atoms with Crippen LogP contribution in [-0.2, 0) is 21.7 Å². The van der Waals surface area contributed by atoms with Gasteiger partial charge in [-0.2, -0.15) is 0 Å². The Morgan fingerprint density at radius 1 is 0.218 bits per heavy atom. The number of hydrogen-bond acceptors (Lipinski definition) is 0. The Kier molecular flexibility index (Phi) is 36.2. The van der Waals surface area contributed by atoms with E-state index in [9.17, 15) is 0 Å². The first kappa shape index (κ1) is 105. The molecule has 133 heavy (non-hydrogen) atoms. The number of benzene rings is 8. The second-order valence-corrected chi connectivity index (χ2v) is 58.4. The van der Waals surface area contributed by atoms with Crippen LogP contribution in [0, 0.1) is 45.3 Å². The van der Waals surface area contributed by atoms with E-state index in [1.165, 1.54) is 128 Å². The summed E-state index contributed by atoms with van der Waals surface area (Å²) in [6.45, 7) is 50.3. The Morgan fingerprint density at radius 2 is 0.353 bits per heavy atom. The van der Waals surface area contributed by atoms with Crippen LogP contribution in [-0.4, -0.2) is 81.5 Å². The number of rotatable bonds is 32. The van der Waals surface area contributed by atoms with Gasteiger partial charge in [-0.25, -0.2) is 0 Å². The molecule has 8 aliphatic rings. The Morgan fingerprint density at radius 3 is 0.481 bits per heavy atom. The van der Waals surface area contributed by atoms with Crippen molar-refractivity contribution in [2.75, 3.05) is 0 Å². The van der Waals surface area contributed by atoms with Gasteiger partial charge in [0.05, 0.1) is 0 Å². The molecule has 9 heteroatoms. The molecule has 4 nitrogen and oxygen atoms in total. The molecule has 704 valence electrons. The zero-order valence-corrected chi connectivity index (χ0v) is 91.9. The molecule has 0 saturated heterocycles.